The molecule has 0 aliphatic rings. The van der Waals surface area contributed by atoms with Gasteiger partial charge in [0.05, 0.1) is 11.4 Å². The second-order valence-electron chi connectivity index (χ2n) is 8.52. The number of carboxylic acids is 1. The minimum atomic E-state index is -5.04. The van der Waals surface area contributed by atoms with E-state index in [0.29, 0.717) is 0 Å². The number of alkyl halides is 3. The Morgan fingerprint density at radius 2 is 1.53 bits per heavy atom. The summed E-state index contributed by atoms with van der Waals surface area (Å²) in [5.74, 6) is -4.23. The molecule has 0 bridgehead atoms. The Balaban J connectivity index is 1.71. The van der Waals surface area contributed by atoms with Gasteiger partial charge in [0, 0.05) is 11.5 Å². The molecule has 0 saturated heterocycles. The number of fused-ring (bicyclic) bond motifs is 1. The lowest BCUT2D eigenvalue weighted by Crippen LogP contribution is -2.28. The van der Waals surface area contributed by atoms with Crippen molar-refractivity contribution in [3.05, 3.63) is 99.9 Å². The molecule has 9 heteroatoms. The fourth-order valence-electron chi connectivity index (χ4n) is 3.75. The van der Waals surface area contributed by atoms with E-state index < -0.39 is 41.3 Å². The highest BCUT2D eigenvalue weighted by atomic mass is 19.4. The van der Waals surface area contributed by atoms with Crippen LogP contribution < -0.4 is 20.0 Å². The molecule has 36 heavy (non-hydrogen) atoms. The molecule has 1 aromatic heterocycles. The lowest BCUT2D eigenvalue weighted by molar-refractivity contribution is -0.307. The van der Waals surface area contributed by atoms with Gasteiger partial charge in [0.1, 0.15) is 23.7 Å². The number of halogens is 3. The zero-order valence-electron chi connectivity index (χ0n) is 19.2. The highest BCUT2D eigenvalue weighted by Crippen LogP contribution is 2.39. The maximum absolute atomic E-state index is 13.8. The van der Waals surface area contributed by atoms with Crippen LogP contribution in [0.5, 0.6) is 17.2 Å². The molecule has 6 nitrogen and oxygen atoms in total. The monoisotopic (exact) mass is 497 g/mol. The molecule has 186 valence electrons. The summed E-state index contributed by atoms with van der Waals surface area (Å²) in [5, 5.41) is 10.4. The van der Waals surface area contributed by atoms with Gasteiger partial charge < -0.3 is 23.8 Å². The number of ether oxygens (including phenoxy) is 2. The van der Waals surface area contributed by atoms with Crippen LogP contribution in [-0.2, 0) is 16.4 Å². The fourth-order valence-corrected chi connectivity index (χ4v) is 3.75. The van der Waals surface area contributed by atoms with Gasteiger partial charge >= 0.3 is 6.18 Å². The number of rotatable bonds is 7. The molecule has 0 unspecified atom stereocenters. The Hall–Kier alpha value is -4.27. The quantitative estimate of drug-likeness (QED) is 0.355. The number of carbonyl (C=O) groups excluding carboxylic acids is 1. The van der Waals surface area contributed by atoms with E-state index in [9.17, 15) is 27.9 Å². The summed E-state index contributed by atoms with van der Waals surface area (Å²) in [4.78, 5) is 23.5. The molecule has 4 aromatic rings. The smallest absolute Gasteiger partial charge is 0.453 e. The fraction of sp³-hybridized carbons (Fsp3) is 0.185. The van der Waals surface area contributed by atoms with Crippen LogP contribution in [0.15, 0.2) is 82.0 Å². The van der Waals surface area contributed by atoms with Crippen molar-refractivity contribution in [2.45, 2.75) is 25.4 Å². The Morgan fingerprint density at radius 1 is 0.917 bits per heavy atom. The summed E-state index contributed by atoms with van der Waals surface area (Å²) >= 11 is 0. The maximum atomic E-state index is 13.8. The van der Waals surface area contributed by atoms with Crippen LogP contribution in [0.25, 0.3) is 11.0 Å². The Morgan fingerprint density at radius 3 is 2.14 bits per heavy atom. The van der Waals surface area contributed by atoms with Crippen LogP contribution in [0.2, 0.25) is 0 Å². The average Bonchev–Trinajstić information content (AvgIpc) is 2.84. The van der Waals surface area contributed by atoms with Crippen molar-refractivity contribution < 1.29 is 37.0 Å². The number of hydrogen-bond donors (Lipinski definition) is 0. The van der Waals surface area contributed by atoms with E-state index in [2.05, 4.69) is 0 Å². The van der Waals surface area contributed by atoms with Gasteiger partial charge in [-0.3, -0.25) is 4.79 Å². The summed E-state index contributed by atoms with van der Waals surface area (Å²) in [7, 11) is 0. The van der Waals surface area contributed by atoms with E-state index in [1.807, 2.05) is 44.2 Å². The summed E-state index contributed by atoms with van der Waals surface area (Å²) in [6.07, 6.45) is -5.04. The normalized spacial score (nSPS) is 11.9. The second kappa shape index (κ2) is 9.41. The van der Waals surface area contributed by atoms with Crippen molar-refractivity contribution >= 4 is 16.9 Å². The molecule has 0 amide bonds. The summed E-state index contributed by atoms with van der Waals surface area (Å²) < 4.78 is 56.7. The minimum Gasteiger partial charge on any atom is -0.546 e. The summed E-state index contributed by atoms with van der Waals surface area (Å²) in [6.45, 7) is 3.21. The first-order valence-electron chi connectivity index (χ1n) is 10.8. The largest absolute Gasteiger partial charge is 0.546 e. The number of hydrogen-bond acceptors (Lipinski definition) is 6. The van der Waals surface area contributed by atoms with Crippen LogP contribution in [0, 0.1) is 0 Å². The van der Waals surface area contributed by atoms with Crippen molar-refractivity contribution in [2.24, 2.45) is 0 Å². The summed E-state index contributed by atoms with van der Waals surface area (Å²) in [5.41, 5.74) is 0.0946. The highest BCUT2D eigenvalue weighted by Gasteiger charge is 2.40. The van der Waals surface area contributed by atoms with Gasteiger partial charge in [0.15, 0.2) is 0 Å². The van der Waals surface area contributed by atoms with Crippen molar-refractivity contribution in [1.82, 2.24) is 0 Å². The van der Waals surface area contributed by atoms with E-state index >= 15 is 0 Å². The average molecular weight is 497 g/mol. The Bertz CT molecular complexity index is 1460. The molecular weight excluding hydrogens is 477 g/mol. The standard InChI is InChI=1S/C27H21F3O6/c1-26(2,16-6-4-3-5-7-16)17-8-10-18(11-9-17)35-24-23(33)20-13-12-19(34-15-22(31)32)14-21(20)36-25(24)27(28,29)30/h3-14H,15H2,1-2H3,(H,31,32)/p-1. The first-order valence-corrected chi connectivity index (χ1v) is 10.8. The zero-order chi connectivity index (χ0) is 26.1. The van der Waals surface area contributed by atoms with Gasteiger partial charge in [0.25, 0.3) is 5.76 Å². The lowest BCUT2D eigenvalue weighted by atomic mass is 9.78. The first-order chi connectivity index (χ1) is 17.0. The number of carbonyl (C=O) groups is 1. The number of benzene rings is 3. The molecule has 0 aliphatic heterocycles. The van der Waals surface area contributed by atoms with E-state index in [1.54, 1.807) is 12.1 Å². The van der Waals surface area contributed by atoms with E-state index in [4.69, 9.17) is 13.9 Å². The third-order valence-corrected chi connectivity index (χ3v) is 5.73. The van der Waals surface area contributed by atoms with Gasteiger partial charge in [-0.1, -0.05) is 56.3 Å². The van der Waals surface area contributed by atoms with Crippen LogP contribution in [-0.4, -0.2) is 12.6 Å². The van der Waals surface area contributed by atoms with Crippen LogP contribution in [0.3, 0.4) is 0 Å². The Labute approximate surface area is 203 Å². The molecule has 0 spiro atoms. The lowest BCUT2D eigenvalue weighted by Gasteiger charge is -2.26. The highest BCUT2D eigenvalue weighted by molar-refractivity contribution is 5.80. The third kappa shape index (κ3) is 5.05. The minimum absolute atomic E-state index is 0.0219. The van der Waals surface area contributed by atoms with Crippen molar-refractivity contribution in [3.8, 4) is 17.2 Å². The van der Waals surface area contributed by atoms with Crippen molar-refractivity contribution in [2.75, 3.05) is 6.61 Å². The molecule has 4 rings (SSSR count). The molecule has 0 N–H and O–H groups in total. The zero-order valence-corrected chi connectivity index (χ0v) is 19.2. The first kappa shape index (κ1) is 24.8. The van der Waals surface area contributed by atoms with Crippen LogP contribution in [0.4, 0.5) is 13.2 Å². The van der Waals surface area contributed by atoms with Crippen LogP contribution in [0.1, 0.15) is 30.7 Å². The molecule has 0 aliphatic carbocycles. The predicted octanol–water partition coefficient (Wildman–Crippen LogP) is 5.06. The molecule has 0 radical (unpaired) electrons. The van der Waals surface area contributed by atoms with Gasteiger partial charge in [-0.2, -0.15) is 13.2 Å². The van der Waals surface area contributed by atoms with Crippen molar-refractivity contribution in [1.29, 1.82) is 0 Å². The van der Waals surface area contributed by atoms with Crippen molar-refractivity contribution in [3.63, 3.8) is 0 Å². The molecular formula is C27H20F3O6-. The van der Waals surface area contributed by atoms with Gasteiger partial charge in [-0.05, 0) is 35.4 Å². The Kier molecular flexibility index (Phi) is 6.49. The molecule has 3 aromatic carbocycles. The van der Waals surface area contributed by atoms with Crippen LogP contribution >= 0.6 is 0 Å². The summed E-state index contributed by atoms with van der Waals surface area (Å²) in [6, 6.07) is 19.5. The number of aliphatic carboxylic acids is 1. The molecule has 0 fully saturated rings. The topological polar surface area (TPSA) is 88.8 Å². The molecule has 0 saturated carbocycles. The van der Waals surface area contributed by atoms with Gasteiger partial charge in [-0.25, -0.2) is 0 Å². The SMILES string of the molecule is CC(C)(c1ccccc1)c1ccc(Oc2c(C(F)(F)F)oc3cc(OCC(=O)[O-])ccc3c2=O)cc1. The molecule has 0 atom stereocenters. The van der Waals surface area contributed by atoms with E-state index in [1.165, 1.54) is 24.3 Å². The van der Waals surface area contributed by atoms with E-state index in [-0.39, 0.29) is 22.3 Å². The number of carboxylic acid groups (broad SMARTS) is 1. The predicted molar refractivity (Wildman–Crippen MR) is 123 cm³/mol. The van der Waals surface area contributed by atoms with Gasteiger partial charge in [0.2, 0.25) is 11.2 Å². The van der Waals surface area contributed by atoms with E-state index in [0.717, 1.165) is 17.2 Å². The third-order valence-electron chi connectivity index (χ3n) is 5.73. The molecule has 1 heterocycles. The van der Waals surface area contributed by atoms with Gasteiger partial charge in [-0.15, -0.1) is 0 Å². The second-order valence-corrected chi connectivity index (χ2v) is 8.52. The maximum Gasteiger partial charge on any atom is 0.453 e.